The van der Waals surface area contributed by atoms with Crippen LogP contribution in [0.25, 0.3) is 0 Å². The summed E-state index contributed by atoms with van der Waals surface area (Å²) < 4.78 is 0. The SMILES string of the molecule is CC(CN)CNC(=O)C1CCCN(C(=O)c2ccc(Cl)c(Cl)c2)C1. The van der Waals surface area contributed by atoms with Gasteiger partial charge >= 0.3 is 0 Å². The first-order chi connectivity index (χ1) is 11.4. The fourth-order valence-corrected chi connectivity index (χ4v) is 2.99. The molecule has 1 aliphatic rings. The van der Waals surface area contributed by atoms with Crippen LogP contribution in [0.4, 0.5) is 0 Å². The molecule has 1 saturated heterocycles. The molecular weight excluding hydrogens is 349 g/mol. The maximum Gasteiger partial charge on any atom is 0.253 e. The lowest BCUT2D eigenvalue weighted by Gasteiger charge is -2.32. The van der Waals surface area contributed by atoms with Gasteiger partial charge in [0.2, 0.25) is 5.91 Å². The Hall–Kier alpha value is -1.30. The van der Waals surface area contributed by atoms with Crippen LogP contribution >= 0.6 is 23.2 Å². The summed E-state index contributed by atoms with van der Waals surface area (Å²) >= 11 is 11.9. The van der Waals surface area contributed by atoms with Crippen LogP contribution in [0.5, 0.6) is 0 Å². The van der Waals surface area contributed by atoms with Crippen molar-refractivity contribution in [2.24, 2.45) is 17.6 Å². The summed E-state index contributed by atoms with van der Waals surface area (Å²) in [6.45, 7) is 4.14. The van der Waals surface area contributed by atoms with Gasteiger partial charge in [-0.1, -0.05) is 30.1 Å². The van der Waals surface area contributed by atoms with E-state index >= 15 is 0 Å². The number of amides is 2. The van der Waals surface area contributed by atoms with Crippen LogP contribution in [0, 0.1) is 11.8 Å². The standard InChI is InChI=1S/C17H23Cl2N3O2/c1-11(8-20)9-21-16(23)13-3-2-6-22(10-13)17(24)12-4-5-14(18)15(19)7-12/h4-5,7,11,13H,2-3,6,8-10,20H2,1H3,(H,21,23). The Bertz CT molecular complexity index is 609. The van der Waals surface area contributed by atoms with E-state index in [4.69, 9.17) is 28.9 Å². The Balaban J connectivity index is 1.97. The maximum absolute atomic E-state index is 12.6. The largest absolute Gasteiger partial charge is 0.355 e. The van der Waals surface area contributed by atoms with Gasteiger partial charge in [0, 0.05) is 25.2 Å². The van der Waals surface area contributed by atoms with Crippen LogP contribution < -0.4 is 11.1 Å². The molecule has 0 radical (unpaired) electrons. The van der Waals surface area contributed by atoms with Crippen LogP contribution in [0.15, 0.2) is 18.2 Å². The number of likely N-dealkylation sites (tertiary alicyclic amines) is 1. The van der Waals surface area contributed by atoms with Gasteiger partial charge in [-0.2, -0.15) is 0 Å². The van der Waals surface area contributed by atoms with Gasteiger partial charge < -0.3 is 16.0 Å². The van der Waals surface area contributed by atoms with Crippen LogP contribution in [0.1, 0.15) is 30.1 Å². The lowest BCUT2D eigenvalue weighted by Crippen LogP contribution is -2.46. The minimum Gasteiger partial charge on any atom is -0.355 e. The molecule has 0 saturated carbocycles. The van der Waals surface area contributed by atoms with Crippen LogP contribution in [0.2, 0.25) is 10.0 Å². The normalized spacial score (nSPS) is 19.0. The molecule has 1 fully saturated rings. The van der Waals surface area contributed by atoms with E-state index in [1.54, 1.807) is 23.1 Å². The van der Waals surface area contributed by atoms with Crippen molar-refractivity contribution in [3.8, 4) is 0 Å². The van der Waals surface area contributed by atoms with Gasteiger partial charge in [0.05, 0.1) is 16.0 Å². The molecule has 3 N–H and O–H groups in total. The summed E-state index contributed by atoms with van der Waals surface area (Å²) in [4.78, 5) is 26.6. The van der Waals surface area contributed by atoms with Gasteiger partial charge in [0.15, 0.2) is 0 Å². The van der Waals surface area contributed by atoms with Gasteiger partial charge in [0.25, 0.3) is 5.91 Å². The second kappa shape index (κ2) is 8.70. The van der Waals surface area contributed by atoms with E-state index in [-0.39, 0.29) is 23.7 Å². The van der Waals surface area contributed by atoms with E-state index in [9.17, 15) is 9.59 Å². The third-order valence-electron chi connectivity index (χ3n) is 4.27. The lowest BCUT2D eigenvalue weighted by atomic mass is 9.96. The highest BCUT2D eigenvalue weighted by Gasteiger charge is 2.29. The molecule has 5 nitrogen and oxygen atoms in total. The number of nitrogens with two attached hydrogens (primary N) is 1. The molecule has 24 heavy (non-hydrogen) atoms. The van der Waals surface area contributed by atoms with Gasteiger partial charge in [-0.3, -0.25) is 9.59 Å². The average Bonchev–Trinajstić information content (AvgIpc) is 2.61. The van der Waals surface area contributed by atoms with Gasteiger partial charge in [-0.05, 0) is 43.5 Å². The topological polar surface area (TPSA) is 75.4 Å². The zero-order valence-corrected chi connectivity index (χ0v) is 15.2. The van der Waals surface area contributed by atoms with Crippen molar-refractivity contribution in [2.75, 3.05) is 26.2 Å². The second-order valence-electron chi connectivity index (χ2n) is 6.31. The molecule has 0 aliphatic carbocycles. The Morgan fingerprint density at radius 3 is 2.79 bits per heavy atom. The molecule has 2 unspecified atom stereocenters. The molecule has 2 rings (SSSR count). The van der Waals surface area contributed by atoms with Gasteiger partial charge in [0.1, 0.15) is 0 Å². The van der Waals surface area contributed by atoms with Crippen molar-refractivity contribution in [1.29, 1.82) is 0 Å². The number of carbonyl (C=O) groups excluding carboxylic acids is 2. The molecule has 2 amide bonds. The highest BCUT2D eigenvalue weighted by molar-refractivity contribution is 6.42. The number of benzene rings is 1. The summed E-state index contributed by atoms with van der Waals surface area (Å²) in [5.41, 5.74) is 6.05. The predicted octanol–water partition coefficient (Wildman–Crippen LogP) is 2.56. The summed E-state index contributed by atoms with van der Waals surface area (Å²) in [5.74, 6) is -0.0785. The zero-order valence-electron chi connectivity index (χ0n) is 13.7. The number of hydrogen-bond donors (Lipinski definition) is 2. The number of rotatable bonds is 5. The van der Waals surface area contributed by atoms with Crippen LogP contribution in [-0.2, 0) is 4.79 Å². The van der Waals surface area contributed by atoms with Crippen molar-refractivity contribution in [3.05, 3.63) is 33.8 Å². The molecule has 1 aromatic carbocycles. The van der Waals surface area contributed by atoms with E-state index in [1.807, 2.05) is 6.92 Å². The number of halogens is 2. The molecule has 7 heteroatoms. The zero-order chi connectivity index (χ0) is 17.7. The van der Waals surface area contributed by atoms with Gasteiger partial charge in [-0.15, -0.1) is 0 Å². The lowest BCUT2D eigenvalue weighted by molar-refractivity contribution is -0.126. The third-order valence-corrected chi connectivity index (χ3v) is 5.01. The maximum atomic E-state index is 12.6. The Morgan fingerprint density at radius 1 is 1.38 bits per heavy atom. The molecule has 2 atom stereocenters. The highest BCUT2D eigenvalue weighted by Crippen LogP contribution is 2.25. The predicted molar refractivity (Wildman–Crippen MR) is 96.3 cm³/mol. The van der Waals surface area contributed by atoms with Crippen molar-refractivity contribution >= 4 is 35.0 Å². The molecule has 1 heterocycles. The number of carbonyl (C=O) groups is 2. The number of nitrogens with one attached hydrogen (secondary N) is 1. The van der Waals surface area contributed by atoms with Gasteiger partial charge in [-0.25, -0.2) is 0 Å². The van der Waals surface area contributed by atoms with Crippen molar-refractivity contribution < 1.29 is 9.59 Å². The van der Waals surface area contributed by atoms with Crippen LogP contribution in [0.3, 0.4) is 0 Å². The van der Waals surface area contributed by atoms with Crippen LogP contribution in [-0.4, -0.2) is 42.9 Å². The summed E-state index contributed by atoms with van der Waals surface area (Å²) in [7, 11) is 0. The quantitative estimate of drug-likeness (QED) is 0.834. The minimum absolute atomic E-state index is 0.0121. The molecule has 0 bridgehead atoms. The van der Waals surface area contributed by atoms with Crippen molar-refractivity contribution in [1.82, 2.24) is 10.2 Å². The van der Waals surface area contributed by atoms with E-state index in [0.29, 0.717) is 41.8 Å². The molecule has 0 aromatic heterocycles. The smallest absolute Gasteiger partial charge is 0.253 e. The monoisotopic (exact) mass is 371 g/mol. The van der Waals surface area contributed by atoms with E-state index in [2.05, 4.69) is 5.32 Å². The Labute approximate surface area is 152 Å². The second-order valence-corrected chi connectivity index (χ2v) is 7.12. The Kier molecular flexibility index (Phi) is 6.90. The number of hydrogen-bond acceptors (Lipinski definition) is 3. The highest BCUT2D eigenvalue weighted by atomic mass is 35.5. The Morgan fingerprint density at radius 2 is 2.12 bits per heavy atom. The summed E-state index contributed by atoms with van der Waals surface area (Å²) in [6, 6.07) is 4.83. The fraction of sp³-hybridized carbons (Fsp3) is 0.529. The van der Waals surface area contributed by atoms with Crippen molar-refractivity contribution in [3.63, 3.8) is 0 Å². The fourth-order valence-electron chi connectivity index (χ4n) is 2.69. The summed E-state index contributed by atoms with van der Waals surface area (Å²) in [6.07, 6.45) is 1.59. The molecule has 0 spiro atoms. The number of nitrogens with zero attached hydrogens (tertiary/aromatic N) is 1. The first kappa shape index (κ1) is 19.0. The van der Waals surface area contributed by atoms with E-state index < -0.39 is 0 Å². The third kappa shape index (κ3) is 4.85. The molecule has 1 aromatic rings. The minimum atomic E-state index is -0.185. The van der Waals surface area contributed by atoms with E-state index in [0.717, 1.165) is 12.8 Å². The van der Waals surface area contributed by atoms with E-state index in [1.165, 1.54) is 0 Å². The number of piperidine rings is 1. The molecular formula is C17H23Cl2N3O2. The summed E-state index contributed by atoms with van der Waals surface area (Å²) in [5, 5.41) is 3.69. The first-order valence-electron chi connectivity index (χ1n) is 8.14. The molecule has 1 aliphatic heterocycles. The average molecular weight is 372 g/mol. The van der Waals surface area contributed by atoms with Crippen molar-refractivity contribution in [2.45, 2.75) is 19.8 Å². The molecule has 132 valence electrons. The first-order valence-corrected chi connectivity index (χ1v) is 8.90.